The van der Waals surface area contributed by atoms with E-state index in [1.807, 2.05) is 0 Å². The summed E-state index contributed by atoms with van der Waals surface area (Å²) in [6.45, 7) is 2.39. The van der Waals surface area contributed by atoms with E-state index in [4.69, 9.17) is 5.73 Å². The largest absolute Gasteiger partial charge is 0.321 e. The summed E-state index contributed by atoms with van der Waals surface area (Å²) in [5.41, 5.74) is 9.34. The summed E-state index contributed by atoms with van der Waals surface area (Å²) in [6.07, 6.45) is 4.88. The van der Waals surface area contributed by atoms with Crippen LogP contribution in [0.5, 0.6) is 0 Å². The molecule has 1 aromatic rings. The molecule has 0 amide bonds. The Labute approximate surface area is 104 Å². The third-order valence-corrected chi connectivity index (χ3v) is 4.49. The Balaban J connectivity index is 1.84. The van der Waals surface area contributed by atoms with E-state index in [0.29, 0.717) is 0 Å². The molecular formula is C15H22N2. The number of likely N-dealkylation sites (tertiary alicyclic amines) is 1. The van der Waals surface area contributed by atoms with Crippen molar-refractivity contribution in [1.29, 1.82) is 0 Å². The molecule has 0 radical (unpaired) electrons. The van der Waals surface area contributed by atoms with Gasteiger partial charge in [0.15, 0.2) is 0 Å². The van der Waals surface area contributed by atoms with E-state index in [0.717, 1.165) is 18.8 Å². The summed E-state index contributed by atoms with van der Waals surface area (Å²) in [7, 11) is 2.18. The maximum absolute atomic E-state index is 6.53. The van der Waals surface area contributed by atoms with Crippen molar-refractivity contribution in [1.82, 2.24) is 4.90 Å². The van der Waals surface area contributed by atoms with Gasteiger partial charge in [-0.25, -0.2) is 0 Å². The van der Waals surface area contributed by atoms with E-state index >= 15 is 0 Å². The van der Waals surface area contributed by atoms with Crippen LogP contribution in [0.15, 0.2) is 24.3 Å². The Morgan fingerprint density at radius 3 is 2.59 bits per heavy atom. The van der Waals surface area contributed by atoms with Gasteiger partial charge in [0.1, 0.15) is 0 Å². The van der Waals surface area contributed by atoms with Gasteiger partial charge in [0.05, 0.1) is 0 Å². The number of nitrogens with zero attached hydrogens (tertiary/aromatic N) is 1. The van der Waals surface area contributed by atoms with Crippen LogP contribution in [0.25, 0.3) is 0 Å². The van der Waals surface area contributed by atoms with E-state index < -0.39 is 0 Å². The lowest BCUT2D eigenvalue weighted by molar-refractivity contribution is 0.189. The fourth-order valence-electron chi connectivity index (χ4n) is 3.31. The van der Waals surface area contributed by atoms with Crippen LogP contribution in [0, 0.1) is 0 Å². The second kappa shape index (κ2) is 4.11. The zero-order valence-electron chi connectivity index (χ0n) is 10.7. The normalized spacial score (nSPS) is 24.8. The molecule has 17 heavy (non-hydrogen) atoms. The number of rotatable bonds is 2. The highest BCUT2D eigenvalue weighted by Crippen LogP contribution is 2.37. The maximum Gasteiger partial charge on any atom is 0.0409 e. The molecule has 2 heteroatoms. The summed E-state index contributed by atoms with van der Waals surface area (Å²) in [6, 6.07) is 9.04. The molecule has 0 aromatic heterocycles. The summed E-state index contributed by atoms with van der Waals surface area (Å²) >= 11 is 0. The zero-order chi connectivity index (χ0) is 11.9. The minimum Gasteiger partial charge on any atom is -0.321 e. The van der Waals surface area contributed by atoms with Crippen molar-refractivity contribution < 1.29 is 0 Å². The van der Waals surface area contributed by atoms with Gasteiger partial charge in [-0.1, -0.05) is 37.1 Å². The number of nitrogens with two attached hydrogens (primary N) is 1. The molecule has 1 aromatic carbocycles. The van der Waals surface area contributed by atoms with Crippen LogP contribution >= 0.6 is 0 Å². The minimum atomic E-state index is -0.0361. The predicted molar refractivity (Wildman–Crippen MR) is 71.0 cm³/mol. The van der Waals surface area contributed by atoms with Crippen LogP contribution in [-0.2, 0) is 5.54 Å². The second-order valence-corrected chi connectivity index (χ2v) is 5.91. The molecule has 1 saturated carbocycles. The maximum atomic E-state index is 6.53. The molecule has 3 rings (SSSR count). The van der Waals surface area contributed by atoms with Gasteiger partial charge in [-0.3, -0.25) is 0 Å². The Morgan fingerprint density at radius 2 is 1.94 bits per heavy atom. The molecule has 2 N–H and O–H groups in total. The highest BCUT2D eigenvalue weighted by atomic mass is 15.2. The lowest BCUT2D eigenvalue weighted by atomic mass is 9.84. The van der Waals surface area contributed by atoms with Gasteiger partial charge >= 0.3 is 0 Å². The molecule has 2 aliphatic rings. The summed E-state index contributed by atoms with van der Waals surface area (Å²) in [5, 5.41) is 0. The molecule has 1 heterocycles. The molecule has 0 bridgehead atoms. The summed E-state index contributed by atoms with van der Waals surface area (Å²) in [4.78, 5) is 2.37. The van der Waals surface area contributed by atoms with Crippen LogP contribution in [0.2, 0.25) is 0 Å². The Hall–Kier alpha value is -0.860. The van der Waals surface area contributed by atoms with Crippen LogP contribution in [0.1, 0.15) is 42.7 Å². The first kappa shape index (κ1) is 11.2. The van der Waals surface area contributed by atoms with Gasteiger partial charge in [0.25, 0.3) is 0 Å². The first-order valence-corrected chi connectivity index (χ1v) is 6.75. The van der Waals surface area contributed by atoms with E-state index in [1.54, 1.807) is 0 Å². The third-order valence-electron chi connectivity index (χ3n) is 4.49. The Bertz CT molecular complexity index is 401. The molecule has 0 unspecified atom stereocenters. The zero-order valence-corrected chi connectivity index (χ0v) is 10.7. The van der Waals surface area contributed by atoms with Gasteiger partial charge in [0, 0.05) is 24.5 Å². The third kappa shape index (κ3) is 2.00. The second-order valence-electron chi connectivity index (χ2n) is 5.91. The fraction of sp³-hybridized carbons (Fsp3) is 0.600. The smallest absolute Gasteiger partial charge is 0.0409 e. The van der Waals surface area contributed by atoms with Crippen LogP contribution in [0.4, 0.5) is 0 Å². The van der Waals surface area contributed by atoms with Gasteiger partial charge in [0.2, 0.25) is 0 Å². The first-order chi connectivity index (χ1) is 8.17. The quantitative estimate of drug-likeness (QED) is 0.845. The molecule has 0 spiro atoms. The van der Waals surface area contributed by atoms with Gasteiger partial charge in [-0.05, 0) is 31.0 Å². The number of benzene rings is 1. The molecule has 0 atom stereocenters. The summed E-state index contributed by atoms with van der Waals surface area (Å²) in [5.74, 6) is 0.727. The SMILES string of the molecule is CN1CC(c2cccc(C3(N)CCCC3)c2)C1. The van der Waals surface area contributed by atoms with E-state index in [9.17, 15) is 0 Å². The molecule has 1 aliphatic heterocycles. The topological polar surface area (TPSA) is 29.3 Å². The van der Waals surface area contributed by atoms with Gasteiger partial charge < -0.3 is 10.6 Å². The van der Waals surface area contributed by atoms with Gasteiger partial charge in [-0.15, -0.1) is 0 Å². The molecule has 1 saturated heterocycles. The first-order valence-electron chi connectivity index (χ1n) is 6.75. The van der Waals surface area contributed by atoms with Crippen molar-refractivity contribution in [3.8, 4) is 0 Å². The van der Waals surface area contributed by atoms with E-state index in [1.165, 1.54) is 37.1 Å². The van der Waals surface area contributed by atoms with Crippen molar-refractivity contribution in [2.75, 3.05) is 20.1 Å². The predicted octanol–water partition coefficient (Wildman–Crippen LogP) is 2.44. The van der Waals surface area contributed by atoms with Crippen LogP contribution in [-0.4, -0.2) is 25.0 Å². The average molecular weight is 230 g/mol. The van der Waals surface area contributed by atoms with Gasteiger partial charge in [-0.2, -0.15) is 0 Å². The Morgan fingerprint density at radius 1 is 1.24 bits per heavy atom. The van der Waals surface area contributed by atoms with E-state index in [2.05, 4.69) is 36.2 Å². The van der Waals surface area contributed by atoms with Crippen molar-refractivity contribution in [3.63, 3.8) is 0 Å². The van der Waals surface area contributed by atoms with Crippen molar-refractivity contribution in [3.05, 3.63) is 35.4 Å². The molecule has 2 fully saturated rings. The highest BCUT2D eigenvalue weighted by molar-refractivity contribution is 5.33. The summed E-state index contributed by atoms with van der Waals surface area (Å²) < 4.78 is 0. The van der Waals surface area contributed by atoms with Crippen molar-refractivity contribution >= 4 is 0 Å². The van der Waals surface area contributed by atoms with Crippen LogP contribution in [0.3, 0.4) is 0 Å². The standard InChI is InChI=1S/C15H22N2/c1-17-10-13(11-17)12-5-4-6-14(9-12)15(16)7-2-3-8-15/h4-6,9,13H,2-3,7-8,10-11,16H2,1H3. The van der Waals surface area contributed by atoms with Crippen molar-refractivity contribution in [2.24, 2.45) is 5.73 Å². The van der Waals surface area contributed by atoms with E-state index in [-0.39, 0.29) is 5.54 Å². The number of likely N-dealkylation sites (N-methyl/N-ethyl adjacent to an activating group) is 1. The molecule has 92 valence electrons. The average Bonchev–Trinajstić information content (AvgIpc) is 2.74. The monoisotopic (exact) mass is 230 g/mol. The fourth-order valence-corrected chi connectivity index (χ4v) is 3.31. The molecule has 2 nitrogen and oxygen atoms in total. The van der Waals surface area contributed by atoms with Crippen molar-refractivity contribution in [2.45, 2.75) is 37.1 Å². The molecular weight excluding hydrogens is 208 g/mol. The lowest BCUT2D eigenvalue weighted by Gasteiger charge is -2.37. The van der Waals surface area contributed by atoms with Crippen LogP contribution < -0.4 is 5.73 Å². The number of hydrogen-bond donors (Lipinski definition) is 1. The Kier molecular flexibility index (Phi) is 2.72. The highest BCUT2D eigenvalue weighted by Gasteiger charge is 2.32. The lowest BCUT2D eigenvalue weighted by Crippen LogP contribution is -2.42. The number of hydrogen-bond acceptors (Lipinski definition) is 2. The minimum absolute atomic E-state index is 0.0361. The molecule has 1 aliphatic carbocycles.